The first-order valence-electron chi connectivity index (χ1n) is 5.45. The van der Waals surface area contributed by atoms with Crippen molar-refractivity contribution < 1.29 is 4.79 Å². The number of hydrogen-bond donors (Lipinski definition) is 0. The summed E-state index contributed by atoms with van der Waals surface area (Å²) in [5.41, 5.74) is 3.69. The first kappa shape index (κ1) is 9.91. The van der Waals surface area contributed by atoms with Gasteiger partial charge in [-0.3, -0.25) is 4.79 Å². The Bertz CT molecular complexity index is 500. The molecular formula is C13H12ClNO. The minimum Gasteiger partial charge on any atom is -0.321 e. The van der Waals surface area contributed by atoms with Crippen molar-refractivity contribution in [2.24, 2.45) is 0 Å². The van der Waals surface area contributed by atoms with Gasteiger partial charge in [0.25, 0.3) is 0 Å². The minimum absolute atomic E-state index is 0.0119. The van der Waals surface area contributed by atoms with E-state index in [1.165, 1.54) is 5.57 Å². The quantitative estimate of drug-likeness (QED) is 0.548. The highest BCUT2D eigenvalue weighted by atomic mass is 35.5. The molecule has 0 aromatic heterocycles. The number of rotatable bonds is 1. The van der Waals surface area contributed by atoms with Gasteiger partial charge in [-0.15, -0.1) is 0 Å². The van der Waals surface area contributed by atoms with Gasteiger partial charge in [-0.1, -0.05) is 29.3 Å². The van der Waals surface area contributed by atoms with Gasteiger partial charge in [-0.2, -0.15) is 0 Å². The fourth-order valence-electron chi connectivity index (χ4n) is 2.21. The predicted molar refractivity (Wildman–Crippen MR) is 64.8 cm³/mol. The Morgan fingerprint density at radius 3 is 2.75 bits per heavy atom. The third kappa shape index (κ3) is 1.30. The SMILES string of the molecule is CC(=C1CC1)N1c2ccccc2C(=O)C1Cl. The molecule has 1 heterocycles. The second kappa shape index (κ2) is 3.36. The molecule has 1 saturated carbocycles. The van der Waals surface area contributed by atoms with E-state index in [0.29, 0.717) is 0 Å². The molecule has 16 heavy (non-hydrogen) atoms. The van der Waals surface area contributed by atoms with Crippen molar-refractivity contribution in [3.63, 3.8) is 0 Å². The van der Waals surface area contributed by atoms with E-state index < -0.39 is 5.50 Å². The fraction of sp³-hybridized carbons (Fsp3) is 0.308. The first-order chi connectivity index (χ1) is 7.70. The first-order valence-corrected chi connectivity index (χ1v) is 5.89. The van der Waals surface area contributed by atoms with Crippen LogP contribution in [0.4, 0.5) is 5.69 Å². The third-order valence-electron chi connectivity index (χ3n) is 3.25. The molecule has 0 amide bonds. The number of hydrogen-bond acceptors (Lipinski definition) is 2. The van der Waals surface area contributed by atoms with E-state index in [1.807, 2.05) is 36.1 Å². The molecule has 2 nitrogen and oxygen atoms in total. The van der Waals surface area contributed by atoms with Crippen LogP contribution in [0.1, 0.15) is 30.1 Å². The number of fused-ring (bicyclic) bond motifs is 1. The predicted octanol–water partition coefficient (Wildman–Crippen LogP) is 3.32. The molecule has 3 heteroatoms. The lowest BCUT2D eigenvalue weighted by Gasteiger charge is -2.22. The van der Waals surface area contributed by atoms with E-state index in [9.17, 15) is 4.79 Å². The molecule has 0 N–H and O–H groups in total. The summed E-state index contributed by atoms with van der Waals surface area (Å²) in [5, 5.41) is 0. The van der Waals surface area contributed by atoms with Gasteiger partial charge in [0, 0.05) is 11.3 Å². The van der Waals surface area contributed by atoms with Crippen molar-refractivity contribution in [2.75, 3.05) is 4.90 Å². The van der Waals surface area contributed by atoms with Crippen LogP contribution in [-0.2, 0) is 0 Å². The van der Waals surface area contributed by atoms with Gasteiger partial charge in [0.2, 0.25) is 5.78 Å². The highest BCUT2D eigenvalue weighted by Gasteiger charge is 2.37. The van der Waals surface area contributed by atoms with Gasteiger partial charge >= 0.3 is 0 Å². The van der Waals surface area contributed by atoms with E-state index in [2.05, 4.69) is 0 Å². The number of carbonyl (C=O) groups excluding carboxylic acids is 1. The average Bonchev–Trinajstić information content (AvgIpc) is 3.09. The van der Waals surface area contributed by atoms with Crippen LogP contribution in [0.15, 0.2) is 35.5 Å². The molecule has 0 radical (unpaired) electrons. The number of benzene rings is 1. The highest BCUT2D eigenvalue weighted by molar-refractivity contribution is 6.38. The lowest BCUT2D eigenvalue weighted by molar-refractivity contribution is 0.0998. The second-order valence-electron chi connectivity index (χ2n) is 4.28. The van der Waals surface area contributed by atoms with Gasteiger partial charge in [-0.05, 0) is 31.9 Å². The van der Waals surface area contributed by atoms with Crippen molar-refractivity contribution in [1.29, 1.82) is 0 Å². The van der Waals surface area contributed by atoms with Gasteiger partial charge < -0.3 is 4.90 Å². The zero-order valence-corrected chi connectivity index (χ0v) is 9.79. The summed E-state index contributed by atoms with van der Waals surface area (Å²) >= 11 is 6.20. The Morgan fingerprint density at radius 1 is 1.38 bits per heavy atom. The van der Waals surface area contributed by atoms with Crippen LogP contribution in [0.25, 0.3) is 0 Å². The maximum absolute atomic E-state index is 12.0. The summed E-state index contributed by atoms with van der Waals surface area (Å²) in [6.45, 7) is 2.05. The van der Waals surface area contributed by atoms with Crippen LogP contribution in [0.2, 0.25) is 0 Å². The standard InChI is InChI=1S/C13H12ClNO/c1-8(9-6-7-9)15-11-5-3-2-4-10(11)12(16)13(15)14/h2-5,13H,6-7H2,1H3. The molecule has 1 aliphatic carbocycles. The van der Waals surface area contributed by atoms with Crippen LogP contribution in [0.3, 0.4) is 0 Å². The normalized spacial score (nSPS) is 22.4. The monoisotopic (exact) mass is 233 g/mol. The van der Waals surface area contributed by atoms with E-state index in [4.69, 9.17) is 11.6 Å². The van der Waals surface area contributed by atoms with Crippen LogP contribution < -0.4 is 4.90 Å². The van der Waals surface area contributed by atoms with Gasteiger partial charge in [-0.25, -0.2) is 0 Å². The van der Waals surface area contributed by atoms with Crippen molar-refractivity contribution >= 4 is 23.1 Å². The largest absolute Gasteiger partial charge is 0.321 e. The molecule has 3 rings (SSSR count). The number of anilines is 1. The third-order valence-corrected chi connectivity index (χ3v) is 3.64. The van der Waals surface area contributed by atoms with Crippen LogP contribution >= 0.6 is 11.6 Å². The van der Waals surface area contributed by atoms with Crippen LogP contribution in [0.5, 0.6) is 0 Å². The molecule has 1 aliphatic heterocycles. The maximum atomic E-state index is 12.0. The van der Waals surface area contributed by atoms with Gasteiger partial charge in [0.05, 0.1) is 5.69 Å². The number of carbonyl (C=O) groups is 1. The van der Waals surface area contributed by atoms with Gasteiger partial charge in [0.15, 0.2) is 5.50 Å². The Hall–Kier alpha value is -1.28. The highest BCUT2D eigenvalue weighted by Crippen LogP contribution is 2.41. The number of nitrogens with zero attached hydrogens (tertiary/aromatic N) is 1. The Labute approximate surface area is 99.5 Å². The summed E-state index contributed by atoms with van der Waals surface area (Å²) in [4.78, 5) is 13.9. The zero-order valence-electron chi connectivity index (χ0n) is 9.03. The molecule has 1 aromatic carbocycles. The summed E-state index contributed by atoms with van der Waals surface area (Å²) in [6, 6.07) is 7.63. The molecule has 2 aliphatic rings. The lowest BCUT2D eigenvalue weighted by Crippen LogP contribution is -2.28. The topological polar surface area (TPSA) is 20.3 Å². The Kier molecular flexibility index (Phi) is 2.08. The van der Waals surface area contributed by atoms with Gasteiger partial charge in [0.1, 0.15) is 0 Å². The van der Waals surface area contributed by atoms with Crippen molar-refractivity contribution in [2.45, 2.75) is 25.3 Å². The number of para-hydroxylation sites is 1. The molecule has 0 saturated heterocycles. The summed E-state index contributed by atoms with van der Waals surface area (Å²) < 4.78 is 0. The second-order valence-corrected chi connectivity index (χ2v) is 4.69. The number of ketones is 1. The van der Waals surface area contributed by atoms with E-state index in [1.54, 1.807) is 0 Å². The lowest BCUT2D eigenvalue weighted by atomic mass is 10.1. The van der Waals surface area contributed by atoms with Crippen molar-refractivity contribution in [1.82, 2.24) is 0 Å². The molecule has 1 unspecified atom stereocenters. The molecule has 0 bridgehead atoms. The average molecular weight is 234 g/mol. The molecule has 1 atom stereocenters. The van der Waals surface area contributed by atoms with Crippen LogP contribution in [0, 0.1) is 0 Å². The minimum atomic E-state index is -0.564. The summed E-state index contributed by atoms with van der Waals surface area (Å²) in [5.74, 6) is 0.0119. The summed E-state index contributed by atoms with van der Waals surface area (Å²) in [7, 11) is 0. The molecular weight excluding hydrogens is 222 g/mol. The smallest absolute Gasteiger partial charge is 0.203 e. The van der Waals surface area contributed by atoms with E-state index in [0.717, 1.165) is 29.8 Å². The van der Waals surface area contributed by atoms with E-state index in [-0.39, 0.29) is 5.78 Å². The molecule has 1 fully saturated rings. The van der Waals surface area contributed by atoms with Crippen molar-refractivity contribution in [3.05, 3.63) is 41.1 Å². The zero-order chi connectivity index (χ0) is 11.3. The number of allylic oxidation sites excluding steroid dienone is 2. The molecule has 82 valence electrons. The summed E-state index contributed by atoms with van der Waals surface area (Å²) in [6.07, 6.45) is 2.28. The maximum Gasteiger partial charge on any atom is 0.203 e. The van der Waals surface area contributed by atoms with Crippen molar-refractivity contribution in [3.8, 4) is 0 Å². The molecule has 0 spiro atoms. The van der Waals surface area contributed by atoms with E-state index >= 15 is 0 Å². The Balaban J connectivity index is 2.14. The number of alkyl halides is 1. The number of halogens is 1. The number of Topliss-reactive ketones (excluding diaryl/α,β-unsaturated/α-hetero) is 1. The Morgan fingerprint density at radius 2 is 2.06 bits per heavy atom. The fourth-order valence-corrected chi connectivity index (χ4v) is 2.57. The van der Waals surface area contributed by atoms with Crippen LogP contribution in [-0.4, -0.2) is 11.3 Å². The molecule has 1 aromatic rings.